The van der Waals surface area contributed by atoms with E-state index >= 15 is 0 Å². The van der Waals surface area contributed by atoms with E-state index in [1.807, 2.05) is 24.3 Å². The summed E-state index contributed by atoms with van der Waals surface area (Å²) in [6.45, 7) is 0. The zero-order valence-electron chi connectivity index (χ0n) is 11.8. The molecular weight excluding hydrogens is 283 g/mol. The Bertz CT molecular complexity index is 849. The van der Waals surface area contributed by atoms with Crippen molar-refractivity contribution in [3.05, 3.63) is 66.1 Å². The van der Waals surface area contributed by atoms with E-state index in [4.69, 9.17) is 4.74 Å². The summed E-state index contributed by atoms with van der Waals surface area (Å²) in [5, 5.41) is 4.55. The van der Waals surface area contributed by atoms with Gasteiger partial charge in [-0.2, -0.15) is 0 Å². The van der Waals surface area contributed by atoms with Crippen molar-refractivity contribution in [3.8, 4) is 0 Å². The molecule has 0 aliphatic rings. The number of ether oxygens (including phenoxy) is 1. The largest absolute Gasteiger partial charge is 0.465 e. The number of anilines is 2. The highest BCUT2D eigenvalue weighted by atomic mass is 19.1. The van der Waals surface area contributed by atoms with E-state index in [0.717, 1.165) is 10.8 Å². The van der Waals surface area contributed by atoms with Gasteiger partial charge in [0.1, 0.15) is 11.6 Å². The average molecular weight is 296 g/mol. The molecule has 22 heavy (non-hydrogen) atoms. The van der Waals surface area contributed by atoms with Gasteiger partial charge in [0.05, 0.1) is 12.7 Å². The highest BCUT2D eigenvalue weighted by Crippen LogP contribution is 2.27. The molecule has 0 spiro atoms. The molecule has 0 fully saturated rings. The lowest BCUT2D eigenvalue weighted by Crippen LogP contribution is -2.04. The van der Waals surface area contributed by atoms with Gasteiger partial charge < -0.3 is 10.1 Å². The number of nitrogens with zero attached hydrogens (tertiary/aromatic N) is 1. The molecule has 1 heterocycles. The van der Waals surface area contributed by atoms with E-state index < -0.39 is 5.97 Å². The van der Waals surface area contributed by atoms with Gasteiger partial charge in [-0.05, 0) is 18.2 Å². The van der Waals surface area contributed by atoms with Gasteiger partial charge in [0, 0.05) is 22.7 Å². The summed E-state index contributed by atoms with van der Waals surface area (Å²) in [7, 11) is 1.33. The molecule has 5 heteroatoms. The first-order valence-electron chi connectivity index (χ1n) is 6.67. The third kappa shape index (κ3) is 2.61. The Morgan fingerprint density at radius 1 is 1.14 bits per heavy atom. The van der Waals surface area contributed by atoms with Crippen LogP contribution in [-0.4, -0.2) is 18.1 Å². The van der Waals surface area contributed by atoms with Gasteiger partial charge in [0.2, 0.25) is 0 Å². The first kappa shape index (κ1) is 14.0. The Morgan fingerprint density at radius 3 is 2.64 bits per heavy atom. The first-order chi connectivity index (χ1) is 10.7. The molecule has 4 nitrogen and oxygen atoms in total. The molecule has 0 amide bonds. The van der Waals surface area contributed by atoms with Crippen LogP contribution in [0.3, 0.4) is 0 Å². The van der Waals surface area contributed by atoms with Crippen molar-refractivity contribution >= 4 is 28.2 Å². The van der Waals surface area contributed by atoms with Gasteiger partial charge in [-0.1, -0.05) is 30.3 Å². The minimum atomic E-state index is -0.444. The normalized spacial score (nSPS) is 10.5. The molecule has 3 rings (SSSR count). The minimum absolute atomic E-state index is 0.333. The molecule has 110 valence electrons. The van der Waals surface area contributed by atoms with Gasteiger partial charge in [-0.25, -0.2) is 14.2 Å². The van der Waals surface area contributed by atoms with Gasteiger partial charge >= 0.3 is 5.97 Å². The summed E-state index contributed by atoms with van der Waals surface area (Å²) in [5.74, 6) is -0.227. The van der Waals surface area contributed by atoms with Crippen LogP contribution in [0.15, 0.2) is 54.7 Å². The van der Waals surface area contributed by atoms with Crippen LogP contribution in [0.2, 0.25) is 0 Å². The number of rotatable bonds is 3. The number of benzene rings is 2. The number of hydrogen-bond acceptors (Lipinski definition) is 4. The molecule has 0 aliphatic heterocycles. The Balaban J connectivity index is 2.10. The van der Waals surface area contributed by atoms with Crippen LogP contribution in [0, 0.1) is 5.82 Å². The number of halogens is 1. The zero-order valence-corrected chi connectivity index (χ0v) is 11.8. The molecule has 1 N–H and O–H groups in total. The van der Waals surface area contributed by atoms with Gasteiger partial charge in [-0.15, -0.1) is 0 Å². The maximum atomic E-state index is 13.3. The number of pyridine rings is 1. The fraction of sp³-hybridized carbons (Fsp3) is 0.0588. The third-order valence-corrected chi connectivity index (χ3v) is 3.29. The Hall–Kier alpha value is -2.95. The highest BCUT2D eigenvalue weighted by Gasteiger charge is 2.13. The van der Waals surface area contributed by atoms with Crippen LogP contribution >= 0.6 is 0 Å². The lowest BCUT2D eigenvalue weighted by atomic mass is 10.1. The van der Waals surface area contributed by atoms with Gasteiger partial charge in [-0.3, -0.25) is 0 Å². The average Bonchev–Trinajstić information content (AvgIpc) is 2.54. The highest BCUT2D eigenvalue weighted by molar-refractivity contribution is 6.07. The van der Waals surface area contributed by atoms with Gasteiger partial charge in [0.15, 0.2) is 0 Å². The first-order valence-corrected chi connectivity index (χ1v) is 6.67. The summed E-state index contributed by atoms with van der Waals surface area (Å²) in [4.78, 5) is 16.1. The number of hydrogen-bond donors (Lipinski definition) is 1. The molecular formula is C17H13FN2O2. The van der Waals surface area contributed by atoms with E-state index in [1.165, 1.54) is 25.4 Å². The summed E-state index contributed by atoms with van der Waals surface area (Å²) in [5.41, 5.74) is 0.978. The molecule has 0 bridgehead atoms. The number of methoxy groups -OCH3 is 1. The van der Waals surface area contributed by atoms with Crippen molar-refractivity contribution in [2.24, 2.45) is 0 Å². The number of carbonyl (C=O) groups is 1. The molecule has 3 aromatic rings. The second-order valence-electron chi connectivity index (χ2n) is 4.69. The van der Waals surface area contributed by atoms with Crippen molar-refractivity contribution in [2.45, 2.75) is 0 Å². The topological polar surface area (TPSA) is 51.2 Å². The molecule has 0 saturated carbocycles. The molecule has 0 unspecified atom stereocenters. The Labute approximate surface area is 126 Å². The van der Waals surface area contributed by atoms with Crippen LogP contribution in [0.25, 0.3) is 10.8 Å². The lowest BCUT2D eigenvalue weighted by molar-refractivity contribution is 0.0602. The number of aromatic nitrogens is 1. The number of fused-ring (bicyclic) bond motifs is 1. The van der Waals surface area contributed by atoms with Crippen LogP contribution in [0.4, 0.5) is 15.9 Å². The molecule has 0 saturated heterocycles. The maximum Gasteiger partial charge on any atom is 0.340 e. The van der Waals surface area contributed by atoms with E-state index in [1.54, 1.807) is 12.1 Å². The number of nitrogens with one attached hydrogen (secondary N) is 1. The van der Waals surface area contributed by atoms with Crippen molar-refractivity contribution in [3.63, 3.8) is 0 Å². The summed E-state index contributed by atoms with van der Waals surface area (Å²) >= 11 is 0. The quantitative estimate of drug-likeness (QED) is 0.745. The standard InChI is InChI=1S/C17H13FN2O2/c1-22-17(21)15-10-19-16(14-8-3-2-7-13(14)15)20-12-6-4-5-11(18)9-12/h2-10H,1H3,(H,19,20). The molecule has 0 radical (unpaired) electrons. The number of carbonyl (C=O) groups excluding carboxylic acids is 1. The number of esters is 1. The van der Waals surface area contributed by atoms with Gasteiger partial charge in [0.25, 0.3) is 0 Å². The predicted octanol–water partition coefficient (Wildman–Crippen LogP) is 3.90. The van der Waals surface area contributed by atoms with Crippen molar-refractivity contribution < 1.29 is 13.9 Å². The van der Waals surface area contributed by atoms with Crippen molar-refractivity contribution in [2.75, 3.05) is 12.4 Å². The summed E-state index contributed by atoms with van der Waals surface area (Å²) in [6, 6.07) is 13.5. The molecule has 2 aromatic carbocycles. The van der Waals surface area contributed by atoms with E-state index in [2.05, 4.69) is 10.3 Å². The van der Waals surface area contributed by atoms with Crippen LogP contribution < -0.4 is 5.32 Å². The van der Waals surface area contributed by atoms with Crippen molar-refractivity contribution in [1.82, 2.24) is 4.98 Å². The SMILES string of the molecule is COC(=O)c1cnc(Nc2cccc(F)c2)c2ccccc12. The second kappa shape index (κ2) is 5.81. The third-order valence-electron chi connectivity index (χ3n) is 3.29. The zero-order chi connectivity index (χ0) is 15.5. The smallest absolute Gasteiger partial charge is 0.340 e. The Morgan fingerprint density at radius 2 is 1.91 bits per heavy atom. The fourth-order valence-electron chi connectivity index (χ4n) is 2.27. The van der Waals surface area contributed by atoms with Crippen LogP contribution in [-0.2, 0) is 4.74 Å². The lowest BCUT2D eigenvalue weighted by Gasteiger charge is -2.11. The fourth-order valence-corrected chi connectivity index (χ4v) is 2.27. The Kier molecular flexibility index (Phi) is 3.70. The maximum absolute atomic E-state index is 13.3. The monoisotopic (exact) mass is 296 g/mol. The van der Waals surface area contributed by atoms with E-state index in [9.17, 15) is 9.18 Å². The molecule has 0 aliphatic carbocycles. The predicted molar refractivity (Wildman–Crippen MR) is 82.8 cm³/mol. The van der Waals surface area contributed by atoms with Crippen LogP contribution in [0.1, 0.15) is 10.4 Å². The van der Waals surface area contributed by atoms with Crippen LogP contribution in [0.5, 0.6) is 0 Å². The summed E-state index contributed by atoms with van der Waals surface area (Å²) < 4.78 is 18.0. The minimum Gasteiger partial charge on any atom is -0.465 e. The van der Waals surface area contributed by atoms with Crippen molar-refractivity contribution in [1.29, 1.82) is 0 Å². The molecule has 0 atom stereocenters. The summed E-state index contributed by atoms with van der Waals surface area (Å²) in [6.07, 6.45) is 1.45. The van der Waals surface area contributed by atoms with E-state index in [0.29, 0.717) is 17.1 Å². The second-order valence-corrected chi connectivity index (χ2v) is 4.69. The molecule has 1 aromatic heterocycles. The van der Waals surface area contributed by atoms with E-state index in [-0.39, 0.29) is 5.82 Å².